The molecular formula is C10H8NO. The molecule has 0 amide bonds. The highest BCUT2D eigenvalue weighted by Gasteiger charge is 2.05. The van der Waals surface area contributed by atoms with Gasteiger partial charge >= 0.3 is 0 Å². The van der Waals surface area contributed by atoms with Gasteiger partial charge < -0.3 is 4.98 Å². The van der Waals surface area contributed by atoms with Crippen molar-refractivity contribution in [3.05, 3.63) is 35.5 Å². The average molecular weight is 158 g/mol. The van der Waals surface area contributed by atoms with Crippen LogP contribution in [-0.2, 0) is 4.79 Å². The van der Waals surface area contributed by atoms with Crippen molar-refractivity contribution in [2.45, 2.75) is 6.92 Å². The minimum Gasteiger partial charge on any atom is -0.358 e. The maximum atomic E-state index is 10.6. The molecule has 2 nitrogen and oxygen atoms in total. The quantitative estimate of drug-likeness (QED) is 0.675. The van der Waals surface area contributed by atoms with Gasteiger partial charge in [0.2, 0.25) is 6.29 Å². The molecule has 2 rings (SSSR count). The SMILES string of the molecule is Cc1[nH]c2ccccc2c1[C]=O. The normalized spacial score (nSPS) is 10.4. The van der Waals surface area contributed by atoms with Crippen molar-refractivity contribution in [1.29, 1.82) is 0 Å². The number of rotatable bonds is 1. The zero-order valence-corrected chi connectivity index (χ0v) is 6.72. The molecule has 1 aromatic carbocycles. The van der Waals surface area contributed by atoms with E-state index in [0.717, 1.165) is 16.6 Å². The van der Waals surface area contributed by atoms with E-state index in [2.05, 4.69) is 4.98 Å². The standard InChI is InChI=1S/C10H8NO/c1-7-9(6-12)8-4-2-3-5-10(8)11-7/h2-5,11H,1H3. The van der Waals surface area contributed by atoms with Crippen LogP contribution < -0.4 is 0 Å². The third-order valence-electron chi connectivity index (χ3n) is 2.00. The molecule has 0 spiro atoms. The van der Waals surface area contributed by atoms with Gasteiger partial charge in [-0.25, -0.2) is 0 Å². The summed E-state index contributed by atoms with van der Waals surface area (Å²) in [6.07, 6.45) is 1.94. The predicted octanol–water partition coefficient (Wildman–Crippen LogP) is 1.93. The van der Waals surface area contributed by atoms with E-state index in [-0.39, 0.29) is 0 Å². The average Bonchev–Trinajstić information content (AvgIpc) is 2.40. The van der Waals surface area contributed by atoms with Crippen molar-refractivity contribution in [3.8, 4) is 0 Å². The van der Waals surface area contributed by atoms with E-state index in [1.165, 1.54) is 0 Å². The molecule has 0 saturated heterocycles. The lowest BCUT2D eigenvalue weighted by Gasteiger charge is -1.86. The van der Waals surface area contributed by atoms with Crippen LogP contribution >= 0.6 is 0 Å². The highest BCUT2D eigenvalue weighted by Crippen LogP contribution is 2.19. The molecule has 0 saturated carbocycles. The summed E-state index contributed by atoms with van der Waals surface area (Å²) in [5.41, 5.74) is 2.52. The van der Waals surface area contributed by atoms with Crippen molar-refractivity contribution in [1.82, 2.24) is 4.98 Å². The number of aromatic amines is 1. The van der Waals surface area contributed by atoms with Crippen molar-refractivity contribution in [2.75, 3.05) is 0 Å². The molecule has 0 aliphatic carbocycles. The molecular weight excluding hydrogens is 150 g/mol. The molecule has 0 unspecified atom stereocenters. The molecule has 1 N–H and O–H groups in total. The Morgan fingerprint density at radius 3 is 2.83 bits per heavy atom. The lowest BCUT2D eigenvalue weighted by atomic mass is 10.1. The summed E-state index contributed by atoms with van der Waals surface area (Å²) < 4.78 is 0. The van der Waals surface area contributed by atoms with Gasteiger partial charge in [-0.05, 0) is 13.0 Å². The van der Waals surface area contributed by atoms with Crippen molar-refractivity contribution < 1.29 is 4.79 Å². The molecule has 0 atom stereocenters. The van der Waals surface area contributed by atoms with Crippen molar-refractivity contribution in [2.24, 2.45) is 0 Å². The van der Waals surface area contributed by atoms with Gasteiger partial charge in [0.05, 0.1) is 5.56 Å². The van der Waals surface area contributed by atoms with Crippen molar-refractivity contribution >= 4 is 17.2 Å². The Morgan fingerprint density at radius 1 is 1.33 bits per heavy atom. The van der Waals surface area contributed by atoms with E-state index in [9.17, 15) is 4.79 Å². The number of aromatic nitrogens is 1. The highest BCUT2D eigenvalue weighted by molar-refractivity contribution is 5.98. The Morgan fingerprint density at radius 2 is 2.08 bits per heavy atom. The van der Waals surface area contributed by atoms with Crippen LogP contribution in [0.4, 0.5) is 0 Å². The van der Waals surface area contributed by atoms with Crippen LogP contribution in [-0.4, -0.2) is 11.3 Å². The minimum atomic E-state index is 0.644. The third kappa shape index (κ3) is 0.848. The van der Waals surface area contributed by atoms with Crippen LogP contribution in [0.5, 0.6) is 0 Å². The van der Waals surface area contributed by atoms with Crippen LogP contribution in [0.15, 0.2) is 24.3 Å². The van der Waals surface area contributed by atoms with Crippen LogP contribution in [0.2, 0.25) is 0 Å². The number of para-hydroxylation sites is 1. The van der Waals surface area contributed by atoms with Gasteiger partial charge in [0.1, 0.15) is 0 Å². The van der Waals surface area contributed by atoms with Gasteiger partial charge in [0.15, 0.2) is 0 Å². The third-order valence-corrected chi connectivity index (χ3v) is 2.00. The van der Waals surface area contributed by atoms with E-state index in [4.69, 9.17) is 0 Å². The van der Waals surface area contributed by atoms with Gasteiger partial charge in [-0.15, -0.1) is 0 Å². The number of hydrogen-bond acceptors (Lipinski definition) is 1. The molecule has 2 heteroatoms. The smallest absolute Gasteiger partial charge is 0.236 e. The summed E-state index contributed by atoms with van der Waals surface area (Å²) in [5, 5.41) is 0.949. The Bertz CT molecular complexity index is 428. The minimum absolute atomic E-state index is 0.644. The van der Waals surface area contributed by atoms with E-state index in [1.54, 1.807) is 0 Å². The number of fused-ring (bicyclic) bond motifs is 1. The summed E-state index contributed by atoms with van der Waals surface area (Å²) in [6.45, 7) is 1.88. The predicted molar refractivity (Wildman–Crippen MR) is 47.8 cm³/mol. The first-order valence-corrected chi connectivity index (χ1v) is 3.78. The number of aryl methyl sites for hydroxylation is 1. The number of hydrogen-bond donors (Lipinski definition) is 1. The molecule has 1 heterocycles. The second-order valence-electron chi connectivity index (χ2n) is 2.77. The van der Waals surface area contributed by atoms with E-state index < -0.39 is 0 Å². The maximum absolute atomic E-state index is 10.6. The second kappa shape index (κ2) is 2.48. The number of nitrogens with one attached hydrogen (secondary N) is 1. The zero-order chi connectivity index (χ0) is 8.55. The van der Waals surface area contributed by atoms with Gasteiger partial charge in [-0.2, -0.15) is 0 Å². The van der Waals surface area contributed by atoms with E-state index >= 15 is 0 Å². The van der Waals surface area contributed by atoms with Crippen molar-refractivity contribution in [3.63, 3.8) is 0 Å². The summed E-state index contributed by atoms with van der Waals surface area (Å²) in [7, 11) is 0. The summed E-state index contributed by atoms with van der Waals surface area (Å²) in [5.74, 6) is 0. The van der Waals surface area contributed by atoms with E-state index in [1.807, 2.05) is 37.5 Å². The first kappa shape index (κ1) is 7.10. The van der Waals surface area contributed by atoms with E-state index in [0.29, 0.717) is 5.56 Å². The van der Waals surface area contributed by atoms with Gasteiger partial charge in [0, 0.05) is 16.6 Å². The molecule has 0 aliphatic rings. The summed E-state index contributed by atoms with van der Waals surface area (Å²) >= 11 is 0. The number of carbonyl (C=O) groups excluding carboxylic acids is 1. The molecule has 59 valence electrons. The summed E-state index contributed by atoms with van der Waals surface area (Å²) in [6, 6.07) is 7.71. The zero-order valence-electron chi connectivity index (χ0n) is 6.72. The molecule has 0 aliphatic heterocycles. The molecule has 0 bridgehead atoms. The first-order chi connectivity index (χ1) is 5.83. The Labute approximate surface area is 70.2 Å². The number of benzene rings is 1. The molecule has 12 heavy (non-hydrogen) atoms. The Hall–Kier alpha value is -1.57. The topological polar surface area (TPSA) is 32.9 Å². The largest absolute Gasteiger partial charge is 0.358 e. The molecule has 0 fully saturated rings. The molecule has 1 aromatic heterocycles. The lowest BCUT2D eigenvalue weighted by Crippen LogP contribution is -1.79. The Balaban J connectivity index is 2.90. The summed E-state index contributed by atoms with van der Waals surface area (Å²) in [4.78, 5) is 13.7. The van der Waals surface area contributed by atoms with Crippen LogP contribution in [0.1, 0.15) is 11.3 Å². The fourth-order valence-electron chi connectivity index (χ4n) is 1.41. The van der Waals surface area contributed by atoms with Gasteiger partial charge in [-0.1, -0.05) is 18.2 Å². The van der Waals surface area contributed by atoms with Crippen LogP contribution in [0, 0.1) is 6.92 Å². The van der Waals surface area contributed by atoms with Gasteiger partial charge in [-0.3, -0.25) is 4.79 Å². The number of H-pyrrole nitrogens is 1. The van der Waals surface area contributed by atoms with Gasteiger partial charge in [0.25, 0.3) is 0 Å². The second-order valence-corrected chi connectivity index (χ2v) is 2.77. The maximum Gasteiger partial charge on any atom is 0.236 e. The Kier molecular flexibility index (Phi) is 1.47. The lowest BCUT2D eigenvalue weighted by molar-refractivity contribution is 0.563. The molecule has 2 aromatic rings. The fraction of sp³-hybridized carbons (Fsp3) is 0.100. The monoisotopic (exact) mass is 158 g/mol. The fourth-order valence-corrected chi connectivity index (χ4v) is 1.41. The first-order valence-electron chi connectivity index (χ1n) is 3.78. The highest BCUT2D eigenvalue weighted by atomic mass is 16.1. The van der Waals surface area contributed by atoms with Crippen LogP contribution in [0.25, 0.3) is 10.9 Å². The van der Waals surface area contributed by atoms with Crippen LogP contribution in [0.3, 0.4) is 0 Å². The molecule has 1 radical (unpaired) electrons.